The standard InChI is InChI=1S/C30H24N3O4P/c31-25-13-16-28(22-10-4-1-7-19(22)25)35-38(34,36-29-17-14-26(32)20-8-2-5-11-23(20)29)37-30-18-15-27(33)21-9-3-6-12-24(21)30/h1-18H,31-33H2. The van der Waals surface area contributed by atoms with Gasteiger partial charge in [0.15, 0.2) is 0 Å². The maximum atomic E-state index is 14.5. The molecule has 0 saturated carbocycles. The van der Waals surface area contributed by atoms with Crippen molar-refractivity contribution in [2.45, 2.75) is 0 Å². The van der Waals surface area contributed by atoms with Crippen molar-refractivity contribution < 1.29 is 18.1 Å². The van der Waals surface area contributed by atoms with Crippen molar-refractivity contribution >= 4 is 57.2 Å². The molecule has 38 heavy (non-hydrogen) atoms. The number of fused-ring (bicyclic) bond motifs is 3. The summed E-state index contributed by atoms with van der Waals surface area (Å²) in [5.74, 6) is 0.910. The van der Waals surface area contributed by atoms with Crippen LogP contribution in [0.25, 0.3) is 32.3 Å². The van der Waals surface area contributed by atoms with Gasteiger partial charge in [-0.15, -0.1) is 0 Å². The molecule has 188 valence electrons. The minimum absolute atomic E-state index is 0.303. The number of phosphoric acid groups is 1. The predicted octanol–water partition coefficient (Wildman–Crippen LogP) is 7.54. The second kappa shape index (κ2) is 9.21. The van der Waals surface area contributed by atoms with Crippen LogP contribution < -0.4 is 30.8 Å². The Kier molecular flexibility index (Phi) is 5.70. The second-order valence-electron chi connectivity index (χ2n) is 8.82. The van der Waals surface area contributed by atoms with E-state index in [1.54, 1.807) is 36.4 Å². The molecule has 0 unspecified atom stereocenters. The van der Waals surface area contributed by atoms with Crippen molar-refractivity contribution in [1.82, 2.24) is 0 Å². The summed E-state index contributed by atoms with van der Waals surface area (Å²) in [4.78, 5) is 0. The molecule has 0 aliphatic carbocycles. The van der Waals surface area contributed by atoms with Crippen molar-refractivity contribution in [3.8, 4) is 17.2 Å². The van der Waals surface area contributed by atoms with Crippen LogP contribution >= 0.6 is 7.82 Å². The number of rotatable bonds is 6. The fraction of sp³-hybridized carbons (Fsp3) is 0. The van der Waals surface area contributed by atoms with E-state index in [9.17, 15) is 4.57 Å². The van der Waals surface area contributed by atoms with Crippen LogP contribution in [-0.2, 0) is 4.57 Å². The van der Waals surface area contributed by atoms with Gasteiger partial charge in [0.25, 0.3) is 0 Å². The van der Waals surface area contributed by atoms with E-state index < -0.39 is 7.82 Å². The van der Waals surface area contributed by atoms with Crippen LogP contribution in [0.4, 0.5) is 17.1 Å². The van der Waals surface area contributed by atoms with Crippen molar-refractivity contribution in [2.75, 3.05) is 17.2 Å². The number of hydrogen-bond donors (Lipinski definition) is 3. The Morgan fingerprint density at radius 2 is 0.658 bits per heavy atom. The Hall–Kier alpha value is -4.87. The van der Waals surface area contributed by atoms with Gasteiger partial charge in [-0.1, -0.05) is 72.8 Å². The molecule has 6 rings (SSSR count). The third-order valence-corrected chi connectivity index (χ3v) is 7.64. The molecule has 6 N–H and O–H groups in total. The summed E-state index contributed by atoms with van der Waals surface area (Å²) in [6, 6.07) is 32.3. The number of nitrogens with two attached hydrogens (primary N) is 3. The number of phosphoric ester groups is 1. The predicted molar refractivity (Wildman–Crippen MR) is 155 cm³/mol. The van der Waals surface area contributed by atoms with Gasteiger partial charge in [0.05, 0.1) is 0 Å². The van der Waals surface area contributed by atoms with Crippen LogP contribution in [0.3, 0.4) is 0 Å². The van der Waals surface area contributed by atoms with Crippen LogP contribution in [0.5, 0.6) is 17.2 Å². The van der Waals surface area contributed by atoms with Crippen LogP contribution in [0.1, 0.15) is 0 Å². The molecule has 0 heterocycles. The fourth-order valence-electron chi connectivity index (χ4n) is 4.54. The summed E-state index contributed by atoms with van der Waals surface area (Å²) in [6.07, 6.45) is 0. The lowest BCUT2D eigenvalue weighted by Crippen LogP contribution is -2.09. The van der Waals surface area contributed by atoms with Gasteiger partial charge in [-0.25, -0.2) is 0 Å². The first-order valence-electron chi connectivity index (χ1n) is 11.9. The van der Waals surface area contributed by atoms with Crippen LogP contribution in [-0.4, -0.2) is 0 Å². The van der Waals surface area contributed by atoms with E-state index in [1.165, 1.54) is 0 Å². The molecule has 0 atom stereocenters. The van der Waals surface area contributed by atoms with E-state index in [-0.39, 0.29) is 0 Å². The Bertz CT molecular complexity index is 1670. The third kappa shape index (κ3) is 4.19. The Balaban J connectivity index is 1.50. The van der Waals surface area contributed by atoms with Gasteiger partial charge >= 0.3 is 7.82 Å². The van der Waals surface area contributed by atoms with Crippen molar-refractivity contribution in [3.63, 3.8) is 0 Å². The highest BCUT2D eigenvalue weighted by molar-refractivity contribution is 7.49. The summed E-state index contributed by atoms with van der Waals surface area (Å²) in [6.45, 7) is 0. The van der Waals surface area contributed by atoms with Gasteiger partial charge in [0.1, 0.15) is 17.2 Å². The Morgan fingerprint density at radius 3 is 0.947 bits per heavy atom. The topological polar surface area (TPSA) is 123 Å². The van der Waals surface area contributed by atoms with E-state index in [0.29, 0.717) is 50.5 Å². The smallest absolute Gasteiger partial charge is 0.398 e. The summed E-state index contributed by atoms with van der Waals surface area (Å²) < 4.78 is 32.9. The van der Waals surface area contributed by atoms with Gasteiger partial charge in [0, 0.05) is 49.4 Å². The average Bonchev–Trinajstić information content (AvgIpc) is 2.94. The van der Waals surface area contributed by atoms with Gasteiger partial charge in [0.2, 0.25) is 0 Å². The summed E-state index contributed by atoms with van der Waals surface area (Å²) >= 11 is 0. The molecule has 0 amide bonds. The van der Waals surface area contributed by atoms with Gasteiger partial charge in [-0.2, -0.15) is 4.57 Å². The van der Waals surface area contributed by atoms with Crippen LogP contribution in [0.2, 0.25) is 0 Å². The molecule has 0 saturated heterocycles. The van der Waals surface area contributed by atoms with Crippen molar-refractivity contribution in [3.05, 3.63) is 109 Å². The Morgan fingerprint density at radius 1 is 0.395 bits per heavy atom. The largest absolute Gasteiger partial charge is 0.647 e. The molecule has 7 nitrogen and oxygen atoms in total. The minimum Gasteiger partial charge on any atom is -0.398 e. The quantitative estimate of drug-likeness (QED) is 0.153. The first-order chi connectivity index (χ1) is 18.4. The summed E-state index contributed by atoms with van der Waals surface area (Å²) in [5, 5.41) is 4.28. The van der Waals surface area contributed by atoms with Gasteiger partial charge in [-0.3, -0.25) is 0 Å². The SMILES string of the molecule is Nc1ccc(OP(=O)(Oc2ccc(N)c3ccccc23)Oc2ccc(N)c3ccccc23)c2ccccc12. The van der Waals surface area contributed by atoms with E-state index in [0.717, 1.165) is 16.2 Å². The van der Waals surface area contributed by atoms with Gasteiger partial charge < -0.3 is 30.8 Å². The lowest BCUT2D eigenvalue weighted by atomic mass is 10.1. The minimum atomic E-state index is -4.37. The maximum Gasteiger partial charge on any atom is 0.647 e. The lowest BCUT2D eigenvalue weighted by Gasteiger charge is -2.22. The molecule has 6 aromatic carbocycles. The first-order valence-corrected chi connectivity index (χ1v) is 13.4. The van der Waals surface area contributed by atoms with Gasteiger partial charge in [-0.05, 0) is 36.4 Å². The first kappa shape index (κ1) is 23.5. The number of anilines is 3. The van der Waals surface area contributed by atoms with Crippen LogP contribution in [0.15, 0.2) is 109 Å². The molecule has 0 fully saturated rings. The second-order valence-corrected chi connectivity index (χ2v) is 10.3. The maximum absolute atomic E-state index is 14.5. The third-order valence-electron chi connectivity index (χ3n) is 6.38. The van der Waals surface area contributed by atoms with E-state index in [2.05, 4.69) is 0 Å². The monoisotopic (exact) mass is 521 g/mol. The van der Waals surface area contributed by atoms with E-state index >= 15 is 0 Å². The summed E-state index contributed by atoms with van der Waals surface area (Å²) in [5.41, 5.74) is 20.2. The van der Waals surface area contributed by atoms with Crippen molar-refractivity contribution in [2.24, 2.45) is 0 Å². The van der Waals surface area contributed by atoms with Crippen molar-refractivity contribution in [1.29, 1.82) is 0 Å². The van der Waals surface area contributed by atoms with Crippen LogP contribution in [0, 0.1) is 0 Å². The molecule has 0 radical (unpaired) electrons. The number of hydrogen-bond acceptors (Lipinski definition) is 7. The molecule has 6 aromatic rings. The summed E-state index contributed by atoms with van der Waals surface area (Å²) in [7, 11) is -4.37. The zero-order valence-corrected chi connectivity index (χ0v) is 21.1. The fourth-order valence-corrected chi connectivity index (χ4v) is 5.85. The highest BCUT2D eigenvalue weighted by atomic mass is 31.2. The lowest BCUT2D eigenvalue weighted by molar-refractivity contribution is 0.302. The van der Waals surface area contributed by atoms with E-state index in [1.807, 2.05) is 72.8 Å². The zero-order chi connectivity index (χ0) is 26.3. The Labute approximate surface area is 219 Å². The van der Waals surface area contributed by atoms with E-state index in [4.69, 9.17) is 30.8 Å². The molecule has 8 heteroatoms. The highest BCUT2D eigenvalue weighted by Gasteiger charge is 2.35. The number of benzene rings is 6. The zero-order valence-electron chi connectivity index (χ0n) is 20.2. The number of nitrogen functional groups attached to an aromatic ring is 3. The molecule has 0 aliphatic heterocycles. The average molecular weight is 522 g/mol. The highest BCUT2D eigenvalue weighted by Crippen LogP contribution is 2.53. The molecule has 0 aliphatic rings. The molecule has 0 bridgehead atoms. The molecular formula is C30H24N3O4P. The molecule has 0 spiro atoms. The molecular weight excluding hydrogens is 497 g/mol. The normalized spacial score (nSPS) is 11.6. The molecule has 0 aromatic heterocycles.